The average molecular weight is 359 g/mol. The van der Waals surface area contributed by atoms with Crippen molar-refractivity contribution in [1.82, 2.24) is 10.3 Å². The van der Waals surface area contributed by atoms with Crippen LogP contribution in [0.3, 0.4) is 0 Å². The van der Waals surface area contributed by atoms with E-state index >= 15 is 0 Å². The van der Waals surface area contributed by atoms with Crippen LogP contribution in [0.25, 0.3) is 22.2 Å². The molecule has 4 nitrogen and oxygen atoms in total. The van der Waals surface area contributed by atoms with Gasteiger partial charge in [0.15, 0.2) is 0 Å². The Morgan fingerprint density at radius 1 is 1.07 bits per heavy atom. The number of hydrogen-bond donors (Lipinski definition) is 3. The third-order valence-electron chi connectivity index (χ3n) is 6.11. The second kappa shape index (κ2) is 6.54. The van der Waals surface area contributed by atoms with E-state index < -0.39 is 0 Å². The van der Waals surface area contributed by atoms with Crippen LogP contribution in [-0.2, 0) is 17.6 Å². The van der Waals surface area contributed by atoms with Crippen molar-refractivity contribution in [3.8, 4) is 11.3 Å². The summed E-state index contributed by atoms with van der Waals surface area (Å²) in [4.78, 5) is 15.3. The highest BCUT2D eigenvalue weighted by molar-refractivity contribution is 6.00. The normalized spacial score (nSPS) is 17.3. The second-order valence-electron chi connectivity index (χ2n) is 7.76. The molecule has 138 valence electrons. The number of piperidine rings is 1. The molecule has 1 aromatic heterocycles. The molecule has 2 aliphatic rings. The average Bonchev–Trinajstić information content (AvgIpc) is 3.26. The largest absolute Gasteiger partial charge is 0.354 e. The van der Waals surface area contributed by atoms with E-state index in [2.05, 4.69) is 52.9 Å². The van der Waals surface area contributed by atoms with Crippen LogP contribution in [0.15, 0.2) is 36.4 Å². The number of aromatic amines is 1. The summed E-state index contributed by atoms with van der Waals surface area (Å²) in [5.74, 6) is 0.747. The van der Waals surface area contributed by atoms with Crippen molar-refractivity contribution in [2.24, 2.45) is 0 Å². The Labute approximate surface area is 159 Å². The molecule has 0 bridgehead atoms. The molecule has 3 aromatic rings. The van der Waals surface area contributed by atoms with E-state index in [1.54, 1.807) is 0 Å². The fourth-order valence-electron chi connectivity index (χ4n) is 4.67. The van der Waals surface area contributed by atoms with Gasteiger partial charge in [0.2, 0.25) is 5.91 Å². The zero-order valence-corrected chi connectivity index (χ0v) is 15.7. The van der Waals surface area contributed by atoms with Crippen LogP contribution in [0.2, 0.25) is 0 Å². The Hall–Kier alpha value is -2.59. The highest BCUT2D eigenvalue weighted by atomic mass is 16.1. The quantitative estimate of drug-likeness (QED) is 0.651. The number of hydrogen-bond acceptors (Lipinski definition) is 2. The fourth-order valence-corrected chi connectivity index (χ4v) is 4.67. The van der Waals surface area contributed by atoms with E-state index in [0.717, 1.165) is 30.8 Å². The molecule has 2 aromatic carbocycles. The van der Waals surface area contributed by atoms with Gasteiger partial charge in [-0.2, -0.15) is 0 Å². The van der Waals surface area contributed by atoms with Gasteiger partial charge in [-0.1, -0.05) is 19.1 Å². The Bertz CT molecular complexity index is 1030. The minimum atomic E-state index is 0.0844. The topological polar surface area (TPSA) is 56.9 Å². The third kappa shape index (κ3) is 2.85. The van der Waals surface area contributed by atoms with E-state index in [-0.39, 0.29) is 5.91 Å². The van der Waals surface area contributed by atoms with Crippen molar-refractivity contribution >= 4 is 22.5 Å². The van der Waals surface area contributed by atoms with Crippen LogP contribution in [0.5, 0.6) is 0 Å². The van der Waals surface area contributed by atoms with Crippen molar-refractivity contribution < 1.29 is 4.79 Å². The van der Waals surface area contributed by atoms with Crippen molar-refractivity contribution in [2.75, 3.05) is 18.4 Å². The maximum atomic E-state index is 11.7. The van der Waals surface area contributed by atoms with Crippen LogP contribution < -0.4 is 10.6 Å². The molecule has 0 aliphatic carbocycles. The monoisotopic (exact) mass is 359 g/mol. The smallest absolute Gasteiger partial charge is 0.228 e. The summed E-state index contributed by atoms with van der Waals surface area (Å²) in [6.07, 6.45) is 3.90. The minimum absolute atomic E-state index is 0.0844. The zero-order valence-electron chi connectivity index (χ0n) is 15.7. The first-order chi connectivity index (χ1) is 13.2. The summed E-state index contributed by atoms with van der Waals surface area (Å²) in [5.41, 5.74) is 8.44. The van der Waals surface area contributed by atoms with Gasteiger partial charge in [-0.3, -0.25) is 4.79 Å². The molecule has 4 heteroatoms. The molecule has 3 N–H and O–H groups in total. The summed E-state index contributed by atoms with van der Waals surface area (Å²) in [6, 6.07) is 13.2. The number of aryl methyl sites for hydroxylation is 1. The van der Waals surface area contributed by atoms with E-state index in [1.807, 2.05) is 6.07 Å². The van der Waals surface area contributed by atoms with Crippen LogP contribution in [-0.4, -0.2) is 24.0 Å². The van der Waals surface area contributed by atoms with Gasteiger partial charge in [0.05, 0.1) is 6.42 Å². The Morgan fingerprint density at radius 2 is 1.93 bits per heavy atom. The van der Waals surface area contributed by atoms with Crippen molar-refractivity contribution in [3.05, 3.63) is 53.1 Å². The number of aromatic nitrogens is 1. The molecule has 27 heavy (non-hydrogen) atoms. The van der Waals surface area contributed by atoms with Crippen LogP contribution in [0.1, 0.15) is 42.4 Å². The van der Waals surface area contributed by atoms with Crippen LogP contribution in [0, 0.1) is 0 Å². The molecule has 1 saturated heterocycles. The number of carbonyl (C=O) groups excluding carboxylic acids is 1. The molecule has 1 amide bonds. The standard InChI is InChI=1S/C23H25N3O/c1-2-18-19-12-15(14-7-9-24-10-8-14)3-6-21(19)26-23(18)16-4-5-20-17(11-16)13-22(27)25-20/h3-6,11-12,14,24,26H,2,7-10,13H2,1H3,(H,25,27). The lowest BCUT2D eigenvalue weighted by atomic mass is 9.89. The first-order valence-electron chi connectivity index (χ1n) is 10.0. The summed E-state index contributed by atoms with van der Waals surface area (Å²) in [5, 5.41) is 7.72. The first-order valence-corrected chi connectivity index (χ1v) is 10.0. The van der Waals surface area contributed by atoms with E-state index in [4.69, 9.17) is 0 Å². The Morgan fingerprint density at radius 3 is 2.74 bits per heavy atom. The maximum absolute atomic E-state index is 11.7. The molecule has 3 heterocycles. The van der Waals surface area contributed by atoms with Gasteiger partial charge in [0, 0.05) is 22.3 Å². The van der Waals surface area contributed by atoms with E-state index in [9.17, 15) is 4.79 Å². The van der Waals surface area contributed by atoms with Gasteiger partial charge in [-0.25, -0.2) is 0 Å². The number of carbonyl (C=O) groups is 1. The van der Waals surface area contributed by atoms with Gasteiger partial charge >= 0.3 is 0 Å². The number of anilines is 1. The fraction of sp³-hybridized carbons (Fsp3) is 0.348. The molecule has 0 radical (unpaired) electrons. The van der Waals surface area contributed by atoms with Gasteiger partial charge in [0.1, 0.15) is 0 Å². The number of H-pyrrole nitrogens is 1. The van der Waals surface area contributed by atoms with Crippen molar-refractivity contribution in [2.45, 2.75) is 38.5 Å². The highest BCUT2D eigenvalue weighted by Crippen LogP contribution is 2.36. The molecule has 0 unspecified atom stereocenters. The molecule has 0 saturated carbocycles. The Kier molecular flexibility index (Phi) is 4.01. The summed E-state index contributed by atoms with van der Waals surface area (Å²) >= 11 is 0. The number of rotatable bonds is 3. The minimum Gasteiger partial charge on any atom is -0.354 e. The first kappa shape index (κ1) is 16.6. The lowest BCUT2D eigenvalue weighted by Crippen LogP contribution is -2.26. The lowest BCUT2D eigenvalue weighted by Gasteiger charge is -2.23. The molecular weight excluding hydrogens is 334 g/mol. The zero-order chi connectivity index (χ0) is 18.4. The maximum Gasteiger partial charge on any atom is 0.228 e. The third-order valence-corrected chi connectivity index (χ3v) is 6.11. The highest BCUT2D eigenvalue weighted by Gasteiger charge is 2.21. The molecule has 5 rings (SSSR count). The molecule has 0 atom stereocenters. The number of fused-ring (bicyclic) bond motifs is 2. The number of amides is 1. The van der Waals surface area contributed by atoms with Crippen LogP contribution in [0.4, 0.5) is 5.69 Å². The van der Waals surface area contributed by atoms with Gasteiger partial charge in [-0.05, 0) is 84.8 Å². The summed E-state index contributed by atoms with van der Waals surface area (Å²) in [6.45, 7) is 4.45. The second-order valence-corrected chi connectivity index (χ2v) is 7.76. The van der Waals surface area contributed by atoms with Crippen molar-refractivity contribution in [3.63, 3.8) is 0 Å². The molecule has 0 spiro atoms. The molecular formula is C23H25N3O. The van der Waals surface area contributed by atoms with Crippen LogP contribution >= 0.6 is 0 Å². The number of benzene rings is 2. The molecule has 1 fully saturated rings. The van der Waals surface area contributed by atoms with Gasteiger partial charge in [0.25, 0.3) is 0 Å². The van der Waals surface area contributed by atoms with Gasteiger partial charge in [-0.15, -0.1) is 0 Å². The van der Waals surface area contributed by atoms with Gasteiger partial charge < -0.3 is 15.6 Å². The summed E-state index contributed by atoms with van der Waals surface area (Å²) in [7, 11) is 0. The summed E-state index contributed by atoms with van der Waals surface area (Å²) < 4.78 is 0. The number of nitrogens with one attached hydrogen (secondary N) is 3. The predicted octanol–water partition coefficient (Wildman–Crippen LogP) is 4.36. The van der Waals surface area contributed by atoms with E-state index in [0.29, 0.717) is 12.3 Å². The SMILES string of the molecule is CCc1c(-c2ccc3c(c2)CC(=O)N3)[nH]c2ccc(C3CCNCC3)cc12. The lowest BCUT2D eigenvalue weighted by molar-refractivity contribution is -0.115. The molecule has 2 aliphatic heterocycles. The van der Waals surface area contributed by atoms with E-state index in [1.165, 1.54) is 46.1 Å². The van der Waals surface area contributed by atoms with Crippen molar-refractivity contribution in [1.29, 1.82) is 0 Å². The Balaban J connectivity index is 1.59. The predicted molar refractivity (Wildman–Crippen MR) is 110 cm³/mol.